The summed E-state index contributed by atoms with van der Waals surface area (Å²) < 4.78 is 5.76. The number of ether oxygens (including phenoxy) is 1. The van der Waals surface area contributed by atoms with Gasteiger partial charge in [-0.05, 0) is 62.9 Å². The minimum absolute atomic E-state index is 0. The van der Waals surface area contributed by atoms with E-state index in [9.17, 15) is 0 Å². The van der Waals surface area contributed by atoms with Gasteiger partial charge in [0.2, 0.25) is 0 Å². The lowest BCUT2D eigenvalue weighted by Crippen LogP contribution is -2.44. The fourth-order valence-electron chi connectivity index (χ4n) is 3.28. The van der Waals surface area contributed by atoms with Crippen molar-refractivity contribution in [3.05, 3.63) is 29.8 Å². The van der Waals surface area contributed by atoms with Crippen molar-refractivity contribution in [3.8, 4) is 5.75 Å². The van der Waals surface area contributed by atoms with Crippen LogP contribution in [0.2, 0.25) is 0 Å². The van der Waals surface area contributed by atoms with E-state index in [4.69, 9.17) is 4.74 Å². The second-order valence-corrected chi connectivity index (χ2v) is 7.86. The van der Waals surface area contributed by atoms with E-state index in [-0.39, 0.29) is 30.0 Å². The smallest absolute Gasteiger partial charge is 0.191 e. The van der Waals surface area contributed by atoms with E-state index in [1.165, 1.54) is 24.9 Å². The summed E-state index contributed by atoms with van der Waals surface area (Å²) in [7, 11) is 4.04. The van der Waals surface area contributed by atoms with Crippen molar-refractivity contribution < 1.29 is 4.74 Å². The summed E-state index contributed by atoms with van der Waals surface area (Å²) in [6, 6.07) is 8.52. The fraction of sp³-hybridized carbons (Fsp3) is 0.667. The number of nitrogens with zero attached hydrogens (tertiary/aromatic N) is 2. The van der Waals surface area contributed by atoms with E-state index in [0.29, 0.717) is 11.8 Å². The molecule has 0 aliphatic carbocycles. The number of halogens is 1. The van der Waals surface area contributed by atoms with Gasteiger partial charge in [0.1, 0.15) is 5.75 Å². The second-order valence-electron chi connectivity index (χ2n) is 7.86. The molecule has 2 unspecified atom stereocenters. The molecule has 6 heteroatoms. The van der Waals surface area contributed by atoms with Crippen molar-refractivity contribution in [2.75, 3.05) is 40.3 Å². The number of piperidine rings is 1. The summed E-state index contributed by atoms with van der Waals surface area (Å²) in [6.07, 6.45) is 2.58. The molecule has 0 bridgehead atoms. The molecular weight excluding hydrogens is 451 g/mol. The molecule has 154 valence electrons. The summed E-state index contributed by atoms with van der Waals surface area (Å²) in [4.78, 5) is 6.79. The molecule has 1 fully saturated rings. The number of aliphatic imine (C=N–C) groups is 1. The van der Waals surface area contributed by atoms with Crippen molar-refractivity contribution in [3.63, 3.8) is 0 Å². The van der Waals surface area contributed by atoms with Crippen molar-refractivity contribution in [1.29, 1.82) is 0 Å². The van der Waals surface area contributed by atoms with Gasteiger partial charge < -0.3 is 20.3 Å². The van der Waals surface area contributed by atoms with Crippen LogP contribution in [0.25, 0.3) is 0 Å². The van der Waals surface area contributed by atoms with Crippen LogP contribution in [0.15, 0.2) is 29.3 Å². The Labute approximate surface area is 182 Å². The van der Waals surface area contributed by atoms with Gasteiger partial charge in [0.25, 0.3) is 0 Å². The maximum atomic E-state index is 5.76. The van der Waals surface area contributed by atoms with Gasteiger partial charge in [-0.25, -0.2) is 0 Å². The zero-order chi connectivity index (χ0) is 18.9. The Morgan fingerprint density at radius 1 is 1.26 bits per heavy atom. The highest BCUT2D eigenvalue weighted by atomic mass is 127. The van der Waals surface area contributed by atoms with E-state index >= 15 is 0 Å². The number of nitrogens with one attached hydrogen (secondary N) is 2. The molecule has 1 aliphatic heterocycles. The average molecular weight is 488 g/mol. The molecule has 1 heterocycles. The molecule has 0 spiro atoms. The minimum atomic E-state index is 0. The first-order valence-corrected chi connectivity index (χ1v) is 9.86. The molecule has 1 aliphatic rings. The largest absolute Gasteiger partial charge is 0.493 e. The highest BCUT2D eigenvalue weighted by molar-refractivity contribution is 14.0. The van der Waals surface area contributed by atoms with Gasteiger partial charge in [-0.1, -0.05) is 26.0 Å². The number of guanidine groups is 1. The van der Waals surface area contributed by atoms with Gasteiger partial charge in [-0.15, -0.1) is 24.0 Å². The van der Waals surface area contributed by atoms with E-state index in [1.807, 2.05) is 19.2 Å². The van der Waals surface area contributed by atoms with Crippen LogP contribution in [0.1, 0.15) is 45.2 Å². The second kappa shape index (κ2) is 12.4. The first-order valence-electron chi connectivity index (χ1n) is 9.86. The fourth-order valence-corrected chi connectivity index (χ4v) is 3.28. The molecule has 2 atom stereocenters. The van der Waals surface area contributed by atoms with Crippen molar-refractivity contribution in [1.82, 2.24) is 15.5 Å². The molecule has 2 N–H and O–H groups in total. The zero-order valence-corrected chi connectivity index (χ0v) is 19.8. The summed E-state index contributed by atoms with van der Waals surface area (Å²) in [5.41, 5.74) is 1.22. The Kier molecular flexibility index (Phi) is 11.1. The minimum Gasteiger partial charge on any atom is -0.493 e. The number of hydrogen-bond donors (Lipinski definition) is 2. The highest BCUT2D eigenvalue weighted by Gasteiger charge is 2.17. The van der Waals surface area contributed by atoms with E-state index in [1.54, 1.807) is 0 Å². The molecule has 5 nitrogen and oxygen atoms in total. The topological polar surface area (TPSA) is 48.9 Å². The molecule has 1 aromatic rings. The molecule has 0 radical (unpaired) electrons. The Hall–Kier alpha value is -1.02. The zero-order valence-electron chi connectivity index (χ0n) is 17.5. The monoisotopic (exact) mass is 488 g/mol. The lowest BCUT2D eigenvalue weighted by molar-refractivity contribution is 0.210. The van der Waals surface area contributed by atoms with E-state index in [0.717, 1.165) is 31.4 Å². The Balaban J connectivity index is 0.00000364. The molecule has 27 heavy (non-hydrogen) atoms. The Bertz CT molecular complexity index is 562. The Morgan fingerprint density at radius 2 is 1.96 bits per heavy atom. The third kappa shape index (κ3) is 8.68. The number of hydrogen-bond acceptors (Lipinski definition) is 3. The maximum absolute atomic E-state index is 5.76. The number of rotatable bonds is 7. The van der Waals surface area contributed by atoms with Crippen molar-refractivity contribution >= 4 is 29.9 Å². The van der Waals surface area contributed by atoms with Crippen LogP contribution in [0.3, 0.4) is 0 Å². The molecule has 1 aromatic carbocycles. The van der Waals surface area contributed by atoms with Gasteiger partial charge in [0, 0.05) is 20.1 Å². The van der Waals surface area contributed by atoms with E-state index < -0.39 is 0 Å². The average Bonchev–Trinajstić information content (AvgIpc) is 2.63. The van der Waals surface area contributed by atoms with Gasteiger partial charge in [0.05, 0.1) is 12.6 Å². The quantitative estimate of drug-likeness (QED) is 0.347. The van der Waals surface area contributed by atoms with Crippen LogP contribution in [0, 0.1) is 11.8 Å². The van der Waals surface area contributed by atoms with Gasteiger partial charge in [-0.2, -0.15) is 0 Å². The number of likely N-dealkylation sites (tertiary alicyclic amines) is 1. The van der Waals surface area contributed by atoms with Crippen LogP contribution in [-0.2, 0) is 0 Å². The number of benzene rings is 1. The predicted octanol–water partition coefficient (Wildman–Crippen LogP) is 3.91. The van der Waals surface area contributed by atoms with Crippen LogP contribution in [-0.4, -0.2) is 51.2 Å². The van der Waals surface area contributed by atoms with Crippen molar-refractivity contribution in [2.24, 2.45) is 16.8 Å². The predicted molar refractivity (Wildman–Crippen MR) is 125 cm³/mol. The normalized spacial score (nSPS) is 19.3. The van der Waals surface area contributed by atoms with Crippen molar-refractivity contribution in [2.45, 2.75) is 39.7 Å². The molecule has 0 amide bonds. The van der Waals surface area contributed by atoms with Gasteiger partial charge in [0.15, 0.2) is 5.96 Å². The summed E-state index contributed by atoms with van der Waals surface area (Å²) in [6.45, 7) is 10.6. The van der Waals surface area contributed by atoms with E-state index in [2.05, 4.69) is 60.5 Å². The molecule has 2 rings (SSSR count). The summed E-state index contributed by atoms with van der Waals surface area (Å²) in [5, 5.41) is 6.98. The SMILES string of the molecule is CN=C(NCC1CCCN(C)C1)NC(C)c1ccc(OCC(C)C)cc1.I. The summed E-state index contributed by atoms with van der Waals surface area (Å²) >= 11 is 0. The molecule has 1 saturated heterocycles. The standard InChI is InChI=1S/C21H36N4O.HI/c1-16(2)15-26-20-10-8-19(9-11-20)17(3)24-21(22-4)23-13-18-7-6-12-25(5)14-18;/h8-11,16-18H,6-7,12-15H2,1-5H3,(H2,22,23,24);1H. The van der Waals surface area contributed by atoms with Crippen LogP contribution >= 0.6 is 24.0 Å². The lowest BCUT2D eigenvalue weighted by atomic mass is 9.98. The molecule has 0 saturated carbocycles. The molecule has 0 aromatic heterocycles. The first-order chi connectivity index (χ1) is 12.5. The van der Waals surface area contributed by atoms with Crippen LogP contribution in [0.4, 0.5) is 0 Å². The van der Waals surface area contributed by atoms with Crippen LogP contribution in [0.5, 0.6) is 5.75 Å². The highest BCUT2D eigenvalue weighted by Crippen LogP contribution is 2.18. The third-order valence-electron chi connectivity index (χ3n) is 4.82. The van der Waals surface area contributed by atoms with Gasteiger partial charge in [-0.3, -0.25) is 4.99 Å². The third-order valence-corrected chi connectivity index (χ3v) is 4.82. The Morgan fingerprint density at radius 3 is 2.56 bits per heavy atom. The first kappa shape index (κ1) is 24.0. The molecular formula is C21H37IN4O. The van der Waals surface area contributed by atoms with Crippen LogP contribution < -0.4 is 15.4 Å². The lowest BCUT2D eigenvalue weighted by Gasteiger charge is -2.30. The maximum Gasteiger partial charge on any atom is 0.191 e. The van der Waals surface area contributed by atoms with Gasteiger partial charge >= 0.3 is 0 Å². The summed E-state index contributed by atoms with van der Waals surface area (Å²) in [5.74, 6) is 3.03.